The number of hydrogen-bond donors (Lipinski definition) is 0. The second-order valence-electron chi connectivity index (χ2n) is 21.8. The van der Waals surface area contributed by atoms with E-state index in [1.807, 2.05) is 11.1 Å². The van der Waals surface area contributed by atoms with E-state index in [1.165, 1.54) is 150 Å². The van der Waals surface area contributed by atoms with Gasteiger partial charge in [-0.15, -0.1) is 0 Å². The normalized spacial score (nSPS) is 17.0. The third-order valence-corrected chi connectivity index (χ3v) is 15.2. The number of unbranched alkanes of at least 4 members (excludes halogenated alkanes) is 2. The highest BCUT2D eigenvalue weighted by molar-refractivity contribution is 5.74. The summed E-state index contributed by atoms with van der Waals surface area (Å²) < 4.78 is 0. The molecule has 0 N–H and O–H groups in total. The van der Waals surface area contributed by atoms with Crippen molar-refractivity contribution in [3.63, 3.8) is 0 Å². The topological polar surface area (TPSA) is 0 Å². The molecule has 59 heavy (non-hydrogen) atoms. The fourth-order valence-electron chi connectivity index (χ4n) is 10.9. The molecule has 0 spiro atoms. The summed E-state index contributed by atoms with van der Waals surface area (Å²) in [5.74, 6) is 4.33. The summed E-state index contributed by atoms with van der Waals surface area (Å²) in [5.41, 5.74) is 17.9. The van der Waals surface area contributed by atoms with Crippen molar-refractivity contribution in [3.05, 3.63) is 93.1 Å². The molecule has 4 unspecified atom stereocenters. The minimum atomic E-state index is 0.101. The van der Waals surface area contributed by atoms with Crippen LogP contribution in [0.3, 0.4) is 0 Å². The van der Waals surface area contributed by atoms with Crippen LogP contribution in [0.4, 0.5) is 0 Å². The van der Waals surface area contributed by atoms with Gasteiger partial charge in [-0.2, -0.15) is 0 Å². The highest BCUT2D eigenvalue weighted by Gasteiger charge is 2.29. The summed E-state index contributed by atoms with van der Waals surface area (Å²) in [5, 5.41) is 0. The Kier molecular flexibility index (Phi) is 19.9. The minimum Gasteiger partial charge on any atom is -0.0950 e. The number of aryl methyl sites for hydroxylation is 1. The van der Waals surface area contributed by atoms with Crippen LogP contribution in [0.5, 0.6) is 0 Å². The Balaban J connectivity index is 1.67. The van der Waals surface area contributed by atoms with Crippen molar-refractivity contribution in [2.75, 3.05) is 0 Å². The lowest BCUT2D eigenvalue weighted by atomic mass is 9.73. The maximum atomic E-state index is 4.74. The largest absolute Gasteiger partial charge is 0.0950 e. The van der Waals surface area contributed by atoms with Crippen molar-refractivity contribution in [2.24, 2.45) is 29.6 Å². The van der Waals surface area contributed by atoms with E-state index in [4.69, 9.17) is 6.58 Å². The first-order valence-corrected chi connectivity index (χ1v) is 25.5. The SMILES string of the molecule is C=C(c1cc(C(C)(C)CCC(=C2CCCC2)C(CCCCC)CCC(C)C(=C2CCCC2)c2cc(C(C)C)ccc2CCC(C)C)ccc1C(C)CC(C)C)C(C)CC. The first-order valence-electron chi connectivity index (χ1n) is 25.5. The third-order valence-electron chi connectivity index (χ3n) is 15.2. The number of rotatable bonds is 24. The van der Waals surface area contributed by atoms with Gasteiger partial charge in [-0.25, -0.2) is 0 Å². The molecule has 0 heteroatoms. The third kappa shape index (κ3) is 14.1. The predicted octanol–water partition coefficient (Wildman–Crippen LogP) is 19.2. The molecular formula is C59H94. The van der Waals surface area contributed by atoms with Crippen LogP contribution in [0.25, 0.3) is 11.1 Å². The van der Waals surface area contributed by atoms with Crippen LogP contribution in [0.15, 0.2) is 59.7 Å². The Morgan fingerprint density at radius 2 is 1.34 bits per heavy atom. The maximum absolute atomic E-state index is 4.74. The lowest BCUT2D eigenvalue weighted by Gasteiger charge is -2.32. The number of hydrogen-bond acceptors (Lipinski definition) is 0. The van der Waals surface area contributed by atoms with Crippen LogP contribution >= 0.6 is 0 Å². The van der Waals surface area contributed by atoms with Gasteiger partial charge in [0.25, 0.3) is 0 Å². The molecule has 0 amide bonds. The van der Waals surface area contributed by atoms with E-state index in [9.17, 15) is 0 Å². The predicted molar refractivity (Wildman–Crippen MR) is 266 cm³/mol. The zero-order valence-corrected chi connectivity index (χ0v) is 41.4. The van der Waals surface area contributed by atoms with Gasteiger partial charge >= 0.3 is 0 Å². The van der Waals surface area contributed by atoms with E-state index >= 15 is 0 Å². The molecule has 4 rings (SSSR count). The Labute approximate surface area is 368 Å². The fourth-order valence-corrected chi connectivity index (χ4v) is 10.9. The molecule has 0 bridgehead atoms. The molecule has 0 saturated heterocycles. The molecule has 2 aromatic carbocycles. The Hall–Kier alpha value is -2.34. The number of allylic oxidation sites excluding steroid dienone is 5. The average Bonchev–Trinajstić information content (AvgIpc) is 3.94. The highest BCUT2D eigenvalue weighted by Crippen LogP contribution is 2.45. The van der Waals surface area contributed by atoms with Crippen molar-refractivity contribution >= 4 is 11.1 Å². The van der Waals surface area contributed by atoms with Gasteiger partial charge in [-0.05, 0) is 201 Å². The molecule has 0 aliphatic heterocycles. The zero-order valence-electron chi connectivity index (χ0n) is 41.4. The minimum absolute atomic E-state index is 0.101. The summed E-state index contributed by atoms with van der Waals surface area (Å²) in [6.45, 7) is 36.3. The first kappa shape index (κ1) is 49.3. The van der Waals surface area contributed by atoms with Crippen LogP contribution < -0.4 is 0 Å². The molecule has 0 radical (unpaired) electrons. The molecule has 0 nitrogen and oxygen atoms in total. The van der Waals surface area contributed by atoms with Gasteiger partial charge in [0, 0.05) is 0 Å². The molecule has 0 aromatic heterocycles. The Morgan fingerprint density at radius 1 is 0.678 bits per heavy atom. The quantitative estimate of drug-likeness (QED) is 0.0733. The monoisotopic (exact) mass is 803 g/mol. The van der Waals surface area contributed by atoms with Crippen molar-refractivity contribution in [3.8, 4) is 0 Å². The van der Waals surface area contributed by atoms with E-state index in [0.717, 1.165) is 12.3 Å². The lowest BCUT2D eigenvalue weighted by Crippen LogP contribution is -2.20. The highest BCUT2D eigenvalue weighted by atomic mass is 14.3. The zero-order chi connectivity index (χ0) is 43.3. The summed E-state index contributed by atoms with van der Waals surface area (Å²) in [6.07, 6.45) is 26.2. The van der Waals surface area contributed by atoms with Crippen molar-refractivity contribution in [1.82, 2.24) is 0 Å². The smallest absolute Gasteiger partial charge is 0.0100 e. The number of benzene rings is 2. The van der Waals surface area contributed by atoms with Gasteiger partial charge in [-0.1, -0.05) is 169 Å². The summed E-state index contributed by atoms with van der Waals surface area (Å²) in [6, 6.07) is 15.2. The van der Waals surface area contributed by atoms with Crippen LogP contribution in [0.2, 0.25) is 0 Å². The lowest BCUT2D eigenvalue weighted by molar-refractivity contribution is 0.409. The van der Waals surface area contributed by atoms with Gasteiger partial charge in [0.15, 0.2) is 0 Å². The van der Waals surface area contributed by atoms with Gasteiger partial charge in [0.1, 0.15) is 0 Å². The summed E-state index contributed by atoms with van der Waals surface area (Å²) >= 11 is 0. The molecule has 2 saturated carbocycles. The molecular weight excluding hydrogens is 709 g/mol. The molecule has 330 valence electrons. The van der Waals surface area contributed by atoms with Crippen LogP contribution in [0.1, 0.15) is 257 Å². The van der Waals surface area contributed by atoms with Gasteiger partial charge in [-0.3, -0.25) is 0 Å². The van der Waals surface area contributed by atoms with Crippen LogP contribution in [-0.4, -0.2) is 0 Å². The Morgan fingerprint density at radius 3 is 1.93 bits per heavy atom. The van der Waals surface area contributed by atoms with Crippen molar-refractivity contribution in [1.29, 1.82) is 0 Å². The molecule has 2 aliphatic carbocycles. The van der Waals surface area contributed by atoms with Crippen molar-refractivity contribution in [2.45, 2.75) is 236 Å². The van der Waals surface area contributed by atoms with Gasteiger partial charge in [0.2, 0.25) is 0 Å². The van der Waals surface area contributed by atoms with Gasteiger partial charge < -0.3 is 0 Å². The van der Waals surface area contributed by atoms with E-state index in [2.05, 4.69) is 126 Å². The molecule has 2 fully saturated rings. The van der Waals surface area contributed by atoms with E-state index < -0.39 is 0 Å². The average molecular weight is 803 g/mol. The second-order valence-corrected chi connectivity index (χ2v) is 21.8. The molecule has 0 heterocycles. The standard InChI is InChI=1S/C59H94/c1-15-17-18-23-49(31-29-45(10)58(51-26-21-22-27-51)57-39-52(43(7)8)33-32-50(57)30-28-41(3)4)55(48-24-19-20-25-48)36-37-59(13,14)53-34-35-54(46(11)38-42(5)6)56(40-53)47(12)44(9)16-2/h32-35,39-46,49H,12,15-31,36-38H2,1-11,13-14H3. The van der Waals surface area contributed by atoms with E-state index in [1.54, 1.807) is 22.3 Å². The summed E-state index contributed by atoms with van der Waals surface area (Å²) in [4.78, 5) is 0. The molecule has 2 aliphatic rings. The summed E-state index contributed by atoms with van der Waals surface area (Å²) in [7, 11) is 0. The second kappa shape index (κ2) is 23.8. The van der Waals surface area contributed by atoms with Crippen molar-refractivity contribution < 1.29 is 0 Å². The van der Waals surface area contributed by atoms with Gasteiger partial charge in [0.05, 0.1) is 0 Å². The van der Waals surface area contributed by atoms with Crippen LogP contribution in [-0.2, 0) is 11.8 Å². The Bertz CT molecular complexity index is 1650. The molecule has 4 atom stereocenters. The first-order chi connectivity index (χ1) is 28.1. The maximum Gasteiger partial charge on any atom is -0.0100 e. The van der Waals surface area contributed by atoms with E-state index in [-0.39, 0.29) is 5.41 Å². The molecule has 2 aromatic rings. The van der Waals surface area contributed by atoms with Crippen LogP contribution in [0, 0.1) is 29.6 Å². The van der Waals surface area contributed by atoms with E-state index in [0.29, 0.717) is 35.5 Å². The fraction of sp³-hybridized carbons (Fsp3) is 0.695.